The molecule has 0 radical (unpaired) electrons. The Labute approximate surface area is 146 Å². The normalized spacial score (nSPS) is 10.5. The molecule has 0 atom stereocenters. The number of esters is 1. The summed E-state index contributed by atoms with van der Waals surface area (Å²) in [5, 5.41) is 0. The van der Waals surface area contributed by atoms with Crippen molar-refractivity contribution in [3.05, 3.63) is 53.3 Å². The van der Waals surface area contributed by atoms with E-state index in [4.69, 9.17) is 9.47 Å². The molecule has 2 aromatic rings. The predicted octanol–water partition coefficient (Wildman–Crippen LogP) is 5.00. The molecular formula is C19H21FO3S. The van der Waals surface area contributed by atoms with Crippen LogP contribution >= 0.6 is 11.8 Å². The van der Waals surface area contributed by atoms with Gasteiger partial charge in [-0.15, -0.1) is 11.8 Å². The van der Waals surface area contributed by atoms with Crippen molar-refractivity contribution in [3.63, 3.8) is 0 Å². The molecule has 0 aromatic heterocycles. The number of carbonyl (C=O) groups excluding carboxylic acids is 1. The van der Waals surface area contributed by atoms with Crippen LogP contribution in [0.4, 0.5) is 4.39 Å². The number of rotatable bonds is 7. The highest BCUT2D eigenvalue weighted by Gasteiger charge is 2.14. The van der Waals surface area contributed by atoms with Crippen molar-refractivity contribution in [2.45, 2.75) is 38.2 Å². The molecule has 0 saturated carbocycles. The van der Waals surface area contributed by atoms with Crippen molar-refractivity contribution in [2.24, 2.45) is 0 Å². The number of benzene rings is 2. The molecule has 0 amide bonds. The number of thioether (sulfide) groups is 1. The van der Waals surface area contributed by atoms with Crippen LogP contribution in [0.2, 0.25) is 0 Å². The first-order valence-corrected chi connectivity index (χ1v) is 9.09. The Hall–Kier alpha value is -2.01. The fourth-order valence-corrected chi connectivity index (χ4v) is 2.82. The number of ether oxygens (including phenoxy) is 2. The summed E-state index contributed by atoms with van der Waals surface area (Å²) in [7, 11) is 0. The molecule has 2 rings (SSSR count). The van der Waals surface area contributed by atoms with Gasteiger partial charge in [0.15, 0.2) is 11.6 Å². The van der Waals surface area contributed by atoms with Crippen molar-refractivity contribution < 1.29 is 18.7 Å². The van der Waals surface area contributed by atoms with Gasteiger partial charge in [-0.05, 0) is 42.5 Å². The molecule has 5 heteroatoms. The predicted molar refractivity (Wildman–Crippen MR) is 94.3 cm³/mol. The third kappa shape index (κ3) is 4.51. The quantitative estimate of drug-likeness (QED) is 0.400. The lowest BCUT2D eigenvalue weighted by Gasteiger charge is -2.15. The number of halogens is 1. The maximum absolute atomic E-state index is 14.1. The lowest BCUT2D eigenvalue weighted by Crippen LogP contribution is -2.09. The van der Waals surface area contributed by atoms with Crippen molar-refractivity contribution >= 4 is 17.7 Å². The second kappa shape index (κ2) is 8.73. The molecule has 0 heterocycles. The van der Waals surface area contributed by atoms with Gasteiger partial charge in [-0.3, -0.25) is 4.79 Å². The summed E-state index contributed by atoms with van der Waals surface area (Å²) in [6.07, 6.45) is 2.99. The van der Waals surface area contributed by atoms with Gasteiger partial charge in [0, 0.05) is 16.9 Å². The van der Waals surface area contributed by atoms with E-state index in [1.807, 2.05) is 31.4 Å². The Kier molecular flexibility index (Phi) is 6.67. The van der Waals surface area contributed by atoms with Crippen LogP contribution in [0.15, 0.2) is 41.3 Å². The third-order valence-corrected chi connectivity index (χ3v) is 4.42. The summed E-state index contributed by atoms with van der Waals surface area (Å²) in [6, 6.07) is 10.4. The molecule has 0 N–H and O–H groups in total. The molecular weight excluding hydrogens is 327 g/mol. The molecule has 0 aliphatic rings. The maximum atomic E-state index is 14.1. The molecule has 0 aliphatic heterocycles. The van der Waals surface area contributed by atoms with E-state index >= 15 is 0 Å². The first-order valence-electron chi connectivity index (χ1n) is 7.86. The van der Waals surface area contributed by atoms with Crippen LogP contribution in [0.1, 0.15) is 31.4 Å². The van der Waals surface area contributed by atoms with E-state index in [9.17, 15) is 9.18 Å². The number of hydrogen-bond acceptors (Lipinski definition) is 4. The summed E-state index contributed by atoms with van der Waals surface area (Å²) >= 11 is 1.52. The van der Waals surface area contributed by atoms with E-state index in [0.29, 0.717) is 5.75 Å². The molecule has 3 nitrogen and oxygen atoms in total. The summed E-state index contributed by atoms with van der Waals surface area (Å²) in [6.45, 7) is 3.84. The van der Waals surface area contributed by atoms with Crippen LogP contribution in [0.5, 0.6) is 11.5 Å². The minimum Gasteiger partial charge on any atom is -0.486 e. The molecule has 2 aromatic carbocycles. The van der Waals surface area contributed by atoms with Crippen LogP contribution in [-0.4, -0.2) is 12.2 Å². The molecule has 0 aliphatic carbocycles. The van der Waals surface area contributed by atoms with Gasteiger partial charge >= 0.3 is 5.97 Å². The van der Waals surface area contributed by atoms with Gasteiger partial charge in [0.05, 0.1) is 0 Å². The second-order valence-electron chi connectivity index (χ2n) is 5.17. The Bertz CT molecular complexity index is 716. The second-order valence-corrected chi connectivity index (χ2v) is 6.02. The summed E-state index contributed by atoms with van der Waals surface area (Å²) < 4.78 is 25.1. The van der Waals surface area contributed by atoms with E-state index in [-0.39, 0.29) is 30.6 Å². The highest BCUT2D eigenvalue weighted by Crippen LogP contribution is 2.31. The summed E-state index contributed by atoms with van der Waals surface area (Å²) in [4.78, 5) is 12.5. The average Bonchev–Trinajstić information content (AvgIpc) is 2.60. The van der Waals surface area contributed by atoms with Crippen molar-refractivity contribution in [2.75, 3.05) is 6.26 Å². The molecule has 128 valence electrons. The van der Waals surface area contributed by atoms with Crippen molar-refractivity contribution in [3.8, 4) is 11.5 Å². The van der Waals surface area contributed by atoms with Gasteiger partial charge in [0.1, 0.15) is 12.4 Å². The zero-order valence-corrected chi connectivity index (χ0v) is 14.9. The largest absolute Gasteiger partial charge is 0.486 e. The van der Waals surface area contributed by atoms with Crippen LogP contribution in [0.3, 0.4) is 0 Å². The van der Waals surface area contributed by atoms with Gasteiger partial charge in [-0.1, -0.05) is 26.0 Å². The molecule has 0 spiro atoms. The summed E-state index contributed by atoms with van der Waals surface area (Å²) in [5.41, 5.74) is 1.66. The minimum atomic E-state index is -0.386. The van der Waals surface area contributed by atoms with Crippen molar-refractivity contribution in [1.82, 2.24) is 0 Å². The van der Waals surface area contributed by atoms with Crippen LogP contribution in [-0.2, 0) is 17.8 Å². The highest BCUT2D eigenvalue weighted by molar-refractivity contribution is 7.98. The van der Waals surface area contributed by atoms with E-state index in [1.165, 1.54) is 17.8 Å². The molecule has 0 saturated heterocycles. The van der Waals surface area contributed by atoms with Gasteiger partial charge in [-0.25, -0.2) is 4.39 Å². The van der Waals surface area contributed by atoms with Gasteiger partial charge in [0.25, 0.3) is 0 Å². The zero-order valence-electron chi connectivity index (χ0n) is 14.1. The lowest BCUT2D eigenvalue weighted by atomic mass is 10.1. The SMILES string of the molecule is CCC(=O)Oc1cccc(SC)c1COc1ccc(CC)cc1F. The molecule has 0 bridgehead atoms. The van der Waals surface area contributed by atoms with Gasteiger partial charge in [-0.2, -0.15) is 0 Å². The Morgan fingerprint density at radius 3 is 2.58 bits per heavy atom. The topological polar surface area (TPSA) is 35.5 Å². The average molecular weight is 348 g/mol. The maximum Gasteiger partial charge on any atom is 0.310 e. The van der Waals surface area contributed by atoms with Crippen molar-refractivity contribution in [1.29, 1.82) is 0 Å². The van der Waals surface area contributed by atoms with Crippen LogP contribution in [0, 0.1) is 5.82 Å². The molecule has 0 fully saturated rings. The fourth-order valence-electron chi connectivity index (χ4n) is 2.20. The van der Waals surface area contributed by atoms with Crippen LogP contribution < -0.4 is 9.47 Å². The number of aryl methyl sites for hydroxylation is 1. The van der Waals surface area contributed by atoms with Crippen LogP contribution in [0.25, 0.3) is 0 Å². The fraction of sp³-hybridized carbons (Fsp3) is 0.316. The lowest BCUT2D eigenvalue weighted by molar-refractivity contribution is -0.134. The van der Waals surface area contributed by atoms with Gasteiger partial charge in [0.2, 0.25) is 0 Å². The Balaban J connectivity index is 2.23. The number of hydrogen-bond donors (Lipinski definition) is 0. The summed E-state index contributed by atoms with van der Waals surface area (Å²) in [5.74, 6) is -0.0498. The first-order chi connectivity index (χ1) is 11.6. The van der Waals surface area contributed by atoms with E-state index in [2.05, 4.69) is 0 Å². The van der Waals surface area contributed by atoms with E-state index < -0.39 is 0 Å². The smallest absolute Gasteiger partial charge is 0.310 e. The Morgan fingerprint density at radius 2 is 1.96 bits per heavy atom. The Morgan fingerprint density at radius 1 is 1.17 bits per heavy atom. The third-order valence-electron chi connectivity index (χ3n) is 3.60. The highest BCUT2D eigenvalue weighted by atomic mass is 32.2. The molecule has 0 unspecified atom stereocenters. The monoisotopic (exact) mass is 348 g/mol. The first kappa shape index (κ1) is 18.3. The van der Waals surface area contributed by atoms with Gasteiger partial charge < -0.3 is 9.47 Å². The van der Waals surface area contributed by atoms with E-state index in [1.54, 1.807) is 19.1 Å². The van der Waals surface area contributed by atoms with E-state index in [0.717, 1.165) is 22.4 Å². The minimum absolute atomic E-state index is 0.131. The molecule has 24 heavy (non-hydrogen) atoms. The standard InChI is InChI=1S/C19H21FO3S/c1-4-13-9-10-17(15(20)11-13)22-12-14-16(23-19(21)5-2)7-6-8-18(14)24-3/h6-11H,4-5,12H2,1-3H3. The number of carbonyl (C=O) groups is 1. The zero-order chi connectivity index (χ0) is 17.5.